The van der Waals surface area contributed by atoms with Crippen molar-refractivity contribution in [1.29, 1.82) is 0 Å². The lowest BCUT2D eigenvalue weighted by atomic mass is 9.97. The van der Waals surface area contributed by atoms with Crippen LogP contribution in [0.2, 0.25) is 0 Å². The molecule has 1 aliphatic rings. The first-order valence-corrected chi connectivity index (χ1v) is 7.50. The van der Waals surface area contributed by atoms with Gasteiger partial charge in [-0.05, 0) is 46.1 Å². The quantitative estimate of drug-likeness (QED) is 0.916. The Morgan fingerprint density at radius 2 is 1.76 bits per heavy atom. The minimum Gasteiger partial charge on any atom is -0.340 e. The number of hydrogen-bond donors (Lipinski definition) is 1. The highest BCUT2D eigenvalue weighted by atomic mass is 15.3. The SMILES string of the molecule is Cc1nc(C2CCCN(c3nc(C)c(C)c(C)n3)C2)n[nH]1. The van der Waals surface area contributed by atoms with Gasteiger partial charge < -0.3 is 4.90 Å². The fraction of sp³-hybridized carbons (Fsp3) is 0.600. The average molecular weight is 286 g/mol. The number of rotatable bonds is 2. The zero-order valence-electron chi connectivity index (χ0n) is 13.1. The van der Waals surface area contributed by atoms with Crippen molar-refractivity contribution in [3.05, 3.63) is 28.6 Å². The number of nitrogens with zero attached hydrogens (tertiary/aromatic N) is 5. The Morgan fingerprint density at radius 1 is 1.05 bits per heavy atom. The third-order valence-corrected chi connectivity index (χ3v) is 4.30. The Kier molecular flexibility index (Phi) is 3.61. The van der Waals surface area contributed by atoms with E-state index in [1.54, 1.807) is 0 Å². The van der Waals surface area contributed by atoms with E-state index in [0.717, 1.165) is 54.9 Å². The summed E-state index contributed by atoms with van der Waals surface area (Å²) in [6.07, 6.45) is 2.24. The molecule has 0 amide bonds. The van der Waals surface area contributed by atoms with E-state index in [4.69, 9.17) is 0 Å². The van der Waals surface area contributed by atoms with E-state index in [9.17, 15) is 0 Å². The van der Waals surface area contributed by atoms with Crippen molar-refractivity contribution in [2.24, 2.45) is 0 Å². The van der Waals surface area contributed by atoms with Crippen LogP contribution >= 0.6 is 0 Å². The van der Waals surface area contributed by atoms with Gasteiger partial charge in [-0.15, -0.1) is 0 Å². The summed E-state index contributed by atoms with van der Waals surface area (Å²) in [7, 11) is 0. The topological polar surface area (TPSA) is 70.6 Å². The van der Waals surface area contributed by atoms with Crippen LogP contribution in [0.5, 0.6) is 0 Å². The lowest BCUT2D eigenvalue weighted by Gasteiger charge is -2.31. The first-order chi connectivity index (χ1) is 10.0. The van der Waals surface area contributed by atoms with Gasteiger partial charge in [-0.25, -0.2) is 15.0 Å². The predicted molar refractivity (Wildman–Crippen MR) is 81.6 cm³/mol. The van der Waals surface area contributed by atoms with Crippen molar-refractivity contribution >= 4 is 5.95 Å². The molecular weight excluding hydrogens is 264 g/mol. The number of aryl methyl sites for hydroxylation is 3. The molecule has 0 bridgehead atoms. The summed E-state index contributed by atoms with van der Waals surface area (Å²) in [5, 5.41) is 7.25. The second-order valence-corrected chi connectivity index (χ2v) is 5.88. The van der Waals surface area contributed by atoms with Crippen LogP contribution < -0.4 is 4.90 Å². The molecule has 21 heavy (non-hydrogen) atoms. The van der Waals surface area contributed by atoms with E-state index in [2.05, 4.69) is 37.0 Å². The Labute approximate surface area is 125 Å². The molecule has 3 rings (SSSR count). The first kappa shape index (κ1) is 14.0. The van der Waals surface area contributed by atoms with Crippen LogP contribution in [-0.4, -0.2) is 38.2 Å². The molecule has 1 atom stereocenters. The van der Waals surface area contributed by atoms with Gasteiger partial charge in [0.2, 0.25) is 5.95 Å². The van der Waals surface area contributed by atoms with Crippen LogP contribution in [0.25, 0.3) is 0 Å². The highest BCUT2D eigenvalue weighted by Crippen LogP contribution is 2.27. The monoisotopic (exact) mass is 286 g/mol. The maximum absolute atomic E-state index is 4.66. The van der Waals surface area contributed by atoms with Crippen LogP contribution in [0.15, 0.2) is 0 Å². The average Bonchev–Trinajstić information content (AvgIpc) is 2.91. The number of nitrogens with one attached hydrogen (secondary N) is 1. The van der Waals surface area contributed by atoms with Gasteiger partial charge in [0.15, 0.2) is 5.82 Å². The molecule has 6 nitrogen and oxygen atoms in total. The highest BCUT2D eigenvalue weighted by molar-refractivity contribution is 5.37. The van der Waals surface area contributed by atoms with E-state index < -0.39 is 0 Å². The van der Waals surface area contributed by atoms with Gasteiger partial charge in [-0.1, -0.05) is 0 Å². The lowest BCUT2D eigenvalue weighted by Crippen LogP contribution is -2.36. The number of aromatic nitrogens is 5. The van der Waals surface area contributed by atoms with Crippen LogP contribution in [0.3, 0.4) is 0 Å². The molecule has 1 unspecified atom stereocenters. The normalized spacial score (nSPS) is 19.0. The summed E-state index contributed by atoms with van der Waals surface area (Å²) < 4.78 is 0. The highest BCUT2D eigenvalue weighted by Gasteiger charge is 2.26. The Balaban J connectivity index is 1.83. The van der Waals surface area contributed by atoms with Gasteiger partial charge in [-0.2, -0.15) is 5.10 Å². The van der Waals surface area contributed by atoms with Crippen LogP contribution in [-0.2, 0) is 0 Å². The largest absolute Gasteiger partial charge is 0.340 e. The summed E-state index contributed by atoms with van der Waals surface area (Å²) >= 11 is 0. The van der Waals surface area contributed by atoms with Gasteiger partial charge in [-0.3, -0.25) is 5.10 Å². The van der Waals surface area contributed by atoms with Crippen molar-refractivity contribution in [2.45, 2.75) is 46.5 Å². The number of hydrogen-bond acceptors (Lipinski definition) is 5. The molecule has 1 N–H and O–H groups in total. The third kappa shape index (κ3) is 2.75. The van der Waals surface area contributed by atoms with E-state index in [0.29, 0.717) is 5.92 Å². The van der Waals surface area contributed by atoms with Crippen LogP contribution in [0, 0.1) is 27.7 Å². The van der Waals surface area contributed by atoms with E-state index in [1.807, 2.05) is 20.8 Å². The summed E-state index contributed by atoms with van der Waals surface area (Å²) in [6, 6.07) is 0. The van der Waals surface area contributed by atoms with Gasteiger partial charge in [0.25, 0.3) is 0 Å². The van der Waals surface area contributed by atoms with Gasteiger partial charge >= 0.3 is 0 Å². The molecule has 112 valence electrons. The number of aromatic amines is 1. The van der Waals surface area contributed by atoms with E-state index >= 15 is 0 Å². The molecule has 0 aromatic carbocycles. The zero-order chi connectivity index (χ0) is 15.0. The van der Waals surface area contributed by atoms with Gasteiger partial charge in [0.05, 0.1) is 0 Å². The van der Waals surface area contributed by atoms with Crippen molar-refractivity contribution in [3.63, 3.8) is 0 Å². The molecule has 0 aliphatic carbocycles. The van der Waals surface area contributed by atoms with Gasteiger partial charge in [0, 0.05) is 30.4 Å². The smallest absolute Gasteiger partial charge is 0.225 e. The zero-order valence-corrected chi connectivity index (χ0v) is 13.1. The van der Waals surface area contributed by atoms with Crippen molar-refractivity contribution in [2.75, 3.05) is 18.0 Å². The number of H-pyrrole nitrogens is 1. The van der Waals surface area contributed by atoms with Crippen molar-refractivity contribution < 1.29 is 0 Å². The Bertz CT molecular complexity index is 624. The molecule has 0 radical (unpaired) electrons. The number of piperidine rings is 1. The minimum absolute atomic E-state index is 0.356. The Hall–Kier alpha value is -1.98. The molecule has 1 fully saturated rings. The molecule has 3 heterocycles. The second-order valence-electron chi connectivity index (χ2n) is 5.88. The fourth-order valence-corrected chi connectivity index (χ4v) is 2.81. The molecule has 6 heteroatoms. The molecular formula is C15H22N6. The van der Waals surface area contributed by atoms with Crippen molar-refractivity contribution in [3.8, 4) is 0 Å². The molecule has 0 saturated carbocycles. The van der Waals surface area contributed by atoms with Crippen LogP contribution in [0.4, 0.5) is 5.95 Å². The maximum Gasteiger partial charge on any atom is 0.225 e. The first-order valence-electron chi connectivity index (χ1n) is 7.50. The minimum atomic E-state index is 0.356. The molecule has 0 spiro atoms. The molecule has 2 aromatic rings. The summed E-state index contributed by atoms with van der Waals surface area (Å²) in [5.41, 5.74) is 3.30. The maximum atomic E-state index is 4.66. The second kappa shape index (κ2) is 5.42. The fourth-order valence-electron chi connectivity index (χ4n) is 2.81. The lowest BCUT2D eigenvalue weighted by molar-refractivity contribution is 0.486. The number of anilines is 1. The molecule has 1 saturated heterocycles. The summed E-state index contributed by atoms with van der Waals surface area (Å²) in [6.45, 7) is 10.00. The molecule has 1 aliphatic heterocycles. The van der Waals surface area contributed by atoms with E-state index in [1.165, 1.54) is 5.56 Å². The van der Waals surface area contributed by atoms with Crippen LogP contribution in [0.1, 0.15) is 47.4 Å². The standard InChI is InChI=1S/C15H22N6/c1-9-10(2)16-15(17-11(9)3)21-7-5-6-13(8-21)14-18-12(4)19-20-14/h13H,5-8H2,1-4H3,(H,18,19,20). The van der Waals surface area contributed by atoms with Crippen molar-refractivity contribution in [1.82, 2.24) is 25.1 Å². The third-order valence-electron chi connectivity index (χ3n) is 4.30. The summed E-state index contributed by atoms with van der Waals surface area (Å²) in [4.78, 5) is 16.1. The predicted octanol–water partition coefficient (Wildman–Crippen LogP) is 2.21. The summed E-state index contributed by atoms with van der Waals surface area (Å²) in [5.74, 6) is 2.99. The van der Waals surface area contributed by atoms with Gasteiger partial charge in [0.1, 0.15) is 5.82 Å². The molecule has 2 aromatic heterocycles. The Morgan fingerprint density at radius 3 is 2.38 bits per heavy atom. The van der Waals surface area contributed by atoms with E-state index in [-0.39, 0.29) is 0 Å².